The van der Waals surface area contributed by atoms with Crippen LogP contribution in [0.15, 0.2) is 51.9 Å². The number of hydrogen-bond acceptors (Lipinski definition) is 6. The van der Waals surface area contributed by atoms with E-state index in [1.807, 2.05) is 11.3 Å². The molecule has 6 heteroatoms. The van der Waals surface area contributed by atoms with Gasteiger partial charge >= 0.3 is 0 Å². The smallest absolute Gasteiger partial charge is 0.0701 e. The van der Waals surface area contributed by atoms with E-state index in [-0.39, 0.29) is 0 Å². The summed E-state index contributed by atoms with van der Waals surface area (Å²) in [7, 11) is 0. The van der Waals surface area contributed by atoms with E-state index in [1.165, 1.54) is 35.1 Å². The first kappa shape index (κ1) is 35.8. The molecule has 4 nitrogen and oxygen atoms in total. The van der Waals surface area contributed by atoms with Crippen molar-refractivity contribution in [2.24, 2.45) is 159 Å². The molecule has 0 aromatic carbocycles. The summed E-state index contributed by atoms with van der Waals surface area (Å²) in [4.78, 5) is 7.84. The molecule has 13 saturated carbocycles. The molecule has 16 aliphatic carbocycles. The predicted molar refractivity (Wildman–Crippen MR) is 244 cm³/mol. The molecule has 63 heavy (non-hydrogen) atoms. The van der Waals surface area contributed by atoms with Gasteiger partial charge in [0.2, 0.25) is 0 Å². The fourth-order valence-corrected chi connectivity index (χ4v) is 29.1. The number of likely N-dealkylation sites (tertiary alicyclic amines) is 1. The zero-order valence-electron chi connectivity index (χ0n) is 37.3. The zero-order valence-corrected chi connectivity index (χ0v) is 38.9. The molecule has 2 aromatic heterocycles. The Morgan fingerprint density at radius 1 is 0.619 bits per heavy atom. The Kier molecular flexibility index (Phi) is 6.68. The van der Waals surface area contributed by atoms with Crippen molar-refractivity contribution in [3.05, 3.63) is 56.8 Å². The van der Waals surface area contributed by atoms with E-state index in [4.69, 9.17) is 14.2 Å². The predicted octanol–water partition coefficient (Wildman–Crippen LogP) is 10.8. The lowest BCUT2D eigenvalue weighted by atomic mass is 9.42. The van der Waals surface area contributed by atoms with Crippen molar-refractivity contribution in [2.75, 3.05) is 52.7 Å². The minimum Gasteiger partial charge on any atom is -0.379 e. The quantitative estimate of drug-likeness (QED) is 0.157. The van der Waals surface area contributed by atoms with Crippen LogP contribution in [-0.2, 0) is 14.2 Å². The molecule has 28 atom stereocenters. The second-order valence-corrected chi connectivity index (χ2v) is 28.3. The largest absolute Gasteiger partial charge is 0.379 e. The van der Waals surface area contributed by atoms with Crippen LogP contribution in [0.25, 0.3) is 9.75 Å². The first-order valence-corrected chi connectivity index (χ1v) is 29.0. The third kappa shape index (κ3) is 3.74. The number of thiophene rings is 2. The van der Waals surface area contributed by atoms with Gasteiger partial charge in [0, 0.05) is 51.6 Å². The highest BCUT2D eigenvalue weighted by Crippen LogP contribution is 2.93. The van der Waals surface area contributed by atoms with E-state index in [2.05, 4.69) is 75.1 Å². The second kappa shape index (κ2) is 11.8. The van der Waals surface area contributed by atoms with Gasteiger partial charge in [0.15, 0.2) is 0 Å². The number of rotatable bonds is 12. The van der Waals surface area contributed by atoms with Crippen LogP contribution in [0.3, 0.4) is 0 Å². The van der Waals surface area contributed by atoms with Gasteiger partial charge in [-0.3, -0.25) is 4.90 Å². The minimum absolute atomic E-state index is 0.391. The van der Waals surface area contributed by atoms with Crippen LogP contribution in [0.1, 0.15) is 69.2 Å². The van der Waals surface area contributed by atoms with Crippen molar-refractivity contribution in [3.8, 4) is 9.75 Å². The van der Waals surface area contributed by atoms with Crippen LogP contribution < -0.4 is 0 Å². The first-order valence-electron chi connectivity index (χ1n) is 27.3. The van der Waals surface area contributed by atoms with Crippen LogP contribution in [0.4, 0.5) is 0 Å². The third-order valence-electron chi connectivity index (χ3n) is 26.1. The van der Waals surface area contributed by atoms with Gasteiger partial charge in [0.05, 0.1) is 39.1 Å². The summed E-state index contributed by atoms with van der Waals surface area (Å²) in [5.41, 5.74) is 9.07. The molecule has 28 unspecified atom stereocenters. The number of ether oxygens (including phenoxy) is 3. The van der Waals surface area contributed by atoms with E-state index < -0.39 is 0 Å². The van der Waals surface area contributed by atoms with Crippen molar-refractivity contribution in [1.82, 2.24) is 4.90 Å². The fraction of sp³-hybridized carbons (Fsp3) is 0.789. The van der Waals surface area contributed by atoms with Gasteiger partial charge < -0.3 is 14.2 Å². The number of hydrogen-bond donors (Lipinski definition) is 0. The van der Waals surface area contributed by atoms with E-state index in [9.17, 15) is 0 Å². The highest BCUT2D eigenvalue weighted by Gasteiger charge is 2.88. The van der Waals surface area contributed by atoms with E-state index in [0.29, 0.717) is 37.9 Å². The van der Waals surface area contributed by atoms with Crippen LogP contribution in [0.2, 0.25) is 0 Å². The molecule has 3 heterocycles. The van der Waals surface area contributed by atoms with Gasteiger partial charge in [0.25, 0.3) is 0 Å². The van der Waals surface area contributed by atoms with Gasteiger partial charge in [-0.2, -0.15) is 0 Å². The molecule has 0 amide bonds. The Balaban J connectivity index is 0.805. The lowest BCUT2D eigenvalue weighted by Crippen LogP contribution is -2.59. The average molecular weight is 878 g/mol. The maximum Gasteiger partial charge on any atom is 0.0701 e. The molecule has 0 bridgehead atoms. The molecule has 0 N–H and O–H groups in total. The van der Waals surface area contributed by atoms with Crippen molar-refractivity contribution < 1.29 is 14.2 Å². The topological polar surface area (TPSA) is 30.9 Å². The van der Waals surface area contributed by atoms with Gasteiger partial charge in [-0.15, -0.1) is 22.7 Å². The molecule has 14 fully saturated rings. The number of fused-ring (bicyclic) bond motifs is 1. The molecular formula is C57H67NO3S2. The molecular weight excluding hydrogens is 811 g/mol. The number of nitrogens with zero attached hydrogens (tertiary/aromatic N) is 1. The van der Waals surface area contributed by atoms with Crippen molar-refractivity contribution >= 4 is 22.7 Å². The van der Waals surface area contributed by atoms with Gasteiger partial charge in [-0.05, 0) is 224 Å². The Hall–Kier alpha value is -1.28. The van der Waals surface area contributed by atoms with Crippen molar-refractivity contribution in [2.45, 2.75) is 64.3 Å². The molecule has 0 radical (unpaired) electrons. The fourth-order valence-electron chi connectivity index (χ4n) is 27.0. The summed E-state index contributed by atoms with van der Waals surface area (Å²) in [6.07, 6.45) is 12.8. The molecule has 330 valence electrons. The highest BCUT2D eigenvalue weighted by molar-refractivity contribution is 7.21. The van der Waals surface area contributed by atoms with Gasteiger partial charge in [0.1, 0.15) is 0 Å². The summed E-state index contributed by atoms with van der Waals surface area (Å²) >= 11 is 4.16. The summed E-state index contributed by atoms with van der Waals surface area (Å²) in [5.74, 6) is 27.7. The summed E-state index contributed by atoms with van der Waals surface area (Å²) in [5, 5.41) is 2.30. The lowest BCUT2D eigenvalue weighted by molar-refractivity contribution is -0.149. The van der Waals surface area contributed by atoms with Gasteiger partial charge in [-0.1, -0.05) is 28.4 Å². The van der Waals surface area contributed by atoms with Crippen molar-refractivity contribution in [1.29, 1.82) is 0 Å². The van der Waals surface area contributed by atoms with Gasteiger partial charge in [-0.25, -0.2) is 0 Å². The monoisotopic (exact) mass is 877 g/mol. The summed E-state index contributed by atoms with van der Waals surface area (Å²) < 4.78 is 18.0. The first-order chi connectivity index (χ1) is 31.2. The molecule has 1 aliphatic heterocycles. The SMILES string of the molecule is CCOCCOCCOCCN1CC2C3=C4C5C6=C(C3)CC3CC7CC8CC9CC%10CC%11CC2(C2C4C4C5C5C(C63)C7C3C8C9C6C%10C(C4C6C35)C%112)C1c1ccc(-c2cccs2)s1. The van der Waals surface area contributed by atoms with Crippen molar-refractivity contribution in [3.63, 3.8) is 0 Å². The normalized spacial score (nSPS) is 59.6. The molecule has 1 saturated heterocycles. The van der Waals surface area contributed by atoms with E-state index in [1.54, 1.807) is 43.4 Å². The minimum atomic E-state index is 0.391. The van der Waals surface area contributed by atoms with Crippen LogP contribution in [0.5, 0.6) is 0 Å². The molecule has 1 spiro atoms. The van der Waals surface area contributed by atoms with E-state index >= 15 is 0 Å². The summed E-state index contributed by atoms with van der Waals surface area (Å²) in [6.45, 7) is 8.73. The Morgan fingerprint density at radius 2 is 1.27 bits per heavy atom. The maximum absolute atomic E-state index is 6.56. The summed E-state index contributed by atoms with van der Waals surface area (Å²) in [6, 6.07) is 10.4. The Labute approximate surface area is 382 Å². The Bertz CT molecular complexity index is 2430. The third-order valence-corrected chi connectivity index (χ3v) is 28.3. The molecule has 17 aliphatic rings. The molecule has 2 aromatic rings. The zero-order chi connectivity index (χ0) is 40.1. The van der Waals surface area contributed by atoms with E-state index in [0.717, 1.165) is 168 Å². The number of allylic oxidation sites excluding steroid dienone is 3. The molecule has 19 rings (SSSR count). The Morgan fingerprint density at radius 3 is 2.05 bits per heavy atom. The standard InChI is InChI=1S/C57H67NO3S2/c1-2-59-9-10-61-12-11-60-8-7-58-22-31-30-20-28-18-25-16-26-15-23-14-24-17-27-19-29-21-57(31,56(58)34-6-5-33(63-34)32-4-3-13-62-32)55-41(29)46-40(27)45-36(24)35(23)43-39(26)44-37(25)38(28)47-42(30)54(55)53-51(46)49(45)48(43)50(44)52(47)53/h3-6,13,23-27,29,31,35-37,39-41,43-56H,2,7-12,14-22H2,1H3. The van der Waals surface area contributed by atoms with Crippen LogP contribution >= 0.6 is 22.7 Å². The lowest BCUT2D eigenvalue weighted by Gasteiger charge is -2.62. The van der Waals surface area contributed by atoms with Crippen LogP contribution in [-0.4, -0.2) is 57.6 Å². The highest BCUT2D eigenvalue weighted by atomic mass is 32.1. The maximum atomic E-state index is 6.56. The van der Waals surface area contributed by atoms with Crippen LogP contribution in [0, 0.1) is 159 Å². The second-order valence-electron chi connectivity index (χ2n) is 26.2. The average Bonchev–Trinajstić information content (AvgIpc) is 4.14.